The van der Waals surface area contributed by atoms with Gasteiger partial charge < -0.3 is 20.6 Å². The van der Waals surface area contributed by atoms with Crippen LogP contribution in [0.2, 0.25) is 0 Å². The van der Waals surface area contributed by atoms with Gasteiger partial charge in [0, 0.05) is 45.0 Å². The smallest absolute Gasteiger partial charge is 0.335 e. The summed E-state index contributed by atoms with van der Waals surface area (Å²) in [7, 11) is 1.61. The molecule has 42 heavy (non-hydrogen) atoms. The summed E-state index contributed by atoms with van der Waals surface area (Å²) in [6, 6.07) is 15.1. The van der Waals surface area contributed by atoms with Crippen LogP contribution in [-0.2, 0) is 11.3 Å². The molecule has 1 aromatic carbocycles. The van der Waals surface area contributed by atoms with Gasteiger partial charge in [0.1, 0.15) is 11.4 Å². The second kappa shape index (κ2) is 12.8. The number of carbonyl (C=O) groups excluding carboxylic acids is 2. The van der Waals surface area contributed by atoms with Crippen LogP contribution in [0.25, 0.3) is 6.08 Å². The van der Waals surface area contributed by atoms with Gasteiger partial charge in [-0.15, -0.1) is 0 Å². The van der Waals surface area contributed by atoms with Crippen molar-refractivity contribution >= 4 is 35.3 Å². The molecule has 216 valence electrons. The van der Waals surface area contributed by atoms with Crippen LogP contribution < -0.4 is 15.5 Å². The number of hydrogen-bond donors (Lipinski definition) is 3. The van der Waals surface area contributed by atoms with E-state index in [2.05, 4.69) is 36.5 Å². The van der Waals surface area contributed by atoms with Crippen molar-refractivity contribution in [2.75, 3.05) is 30.4 Å². The number of benzene rings is 1. The van der Waals surface area contributed by atoms with E-state index in [1.165, 1.54) is 6.42 Å². The number of carboxylic acids is 1. The number of nitrogens with one attached hydrogen (secondary N) is 2. The molecule has 3 aromatic rings. The number of fused-ring (bicyclic) bond motifs is 2. The molecule has 6 rings (SSSR count). The van der Waals surface area contributed by atoms with Crippen LogP contribution in [0.15, 0.2) is 72.2 Å². The van der Waals surface area contributed by atoms with Crippen molar-refractivity contribution in [1.82, 2.24) is 20.2 Å². The van der Waals surface area contributed by atoms with Crippen LogP contribution >= 0.6 is 0 Å². The van der Waals surface area contributed by atoms with E-state index in [-0.39, 0.29) is 5.91 Å². The molecule has 2 aromatic heterocycles. The Bertz CT molecular complexity index is 1530. The van der Waals surface area contributed by atoms with Crippen LogP contribution in [0.5, 0.6) is 0 Å². The third-order valence-electron chi connectivity index (χ3n) is 8.00. The number of piperazine rings is 1. The summed E-state index contributed by atoms with van der Waals surface area (Å²) in [5.41, 5.74) is 6.16. The summed E-state index contributed by atoms with van der Waals surface area (Å²) < 4.78 is 0. The van der Waals surface area contributed by atoms with Gasteiger partial charge >= 0.3 is 5.97 Å². The summed E-state index contributed by atoms with van der Waals surface area (Å²) >= 11 is 0. The Kier molecular flexibility index (Phi) is 8.76. The molecule has 2 aliphatic heterocycles. The minimum Gasteiger partial charge on any atom is -0.478 e. The van der Waals surface area contributed by atoms with Crippen molar-refractivity contribution in [2.24, 2.45) is 0 Å². The number of nitrogens with zero attached hydrogens (tertiary/aromatic N) is 4. The second-order valence-electron chi connectivity index (χ2n) is 10.4. The molecular weight excluding hydrogens is 532 g/mol. The van der Waals surface area contributed by atoms with Crippen molar-refractivity contribution in [3.05, 3.63) is 94.7 Å². The Hall–Kier alpha value is -4.79. The van der Waals surface area contributed by atoms with Crippen LogP contribution in [0, 0.1) is 0 Å². The molecular formula is C32H34N6O4. The third-order valence-corrected chi connectivity index (χ3v) is 8.00. The number of carbonyl (C=O) groups is 2. The first kappa shape index (κ1) is 28.7. The topological polar surface area (TPSA) is 128 Å². The largest absolute Gasteiger partial charge is 0.478 e. The lowest BCUT2D eigenvalue weighted by atomic mass is 9.81. The van der Waals surface area contributed by atoms with Crippen molar-refractivity contribution in [3.63, 3.8) is 0 Å². The highest BCUT2D eigenvalue weighted by Crippen LogP contribution is 2.37. The lowest BCUT2D eigenvalue weighted by Gasteiger charge is -2.54. The monoisotopic (exact) mass is 566 g/mol. The van der Waals surface area contributed by atoms with Gasteiger partial charge in [-0.1, -0.05) is 25.1 Å². The lowest BCUT2D eigenvalue weighted by molar-refractivity contribution is 0.0658. The summed E-state index contributed by atoms with van der Waals surface area (Å²) in [5, 5.41) is 14.2. The van der Waals surface area contributed by atoms with E-state index in [0.717, 1.165) is 60.7 Å². The minimum absolute atomic E-state index is 0.168. The number of hydrogen-bond acceptors (Lipinski definition) is 8. The number of carboxylic acid groups (broad SMARTS) is 1. The lowest BCUT2D eigenvalue weighted by Crippen LogP contribution is -2.64. The molecule has 0 spiro atoms. The Morgan fingerprint density at radius 3 is 2.45 bits per heavy atom. The molecule has 0 unspecified atom stereocenters. The second-order valence-corrected chi connectivity index (χ2v) is 10.4. The quantitative estimate of drug-likeness (QED) is 0.379. The first-order chi connectivity index (χ1) is 20.4. The van der Waals surface area contributed by atoms with E-state index in [1.807, 2.05) is 37.4 Å². The zero-order valence-corrected chi connectivity index (χ0v) is 23.7. The minimum atomic E-state index is -0.879. The van der Waals surface area contributed by atoms with Crippen LogP contribution in [0.1, 0.15) is 58.3 Å². The van der Waals surface area contributed by atoms with Gasteiger partial charge in [-0.25, -0.2) is 14.6 Å². The molecule has 1 saturated carbocycles. The SMILES string of the molecule is CCC1=Cc2ncc(CN3CCN(c4ccc(C(=O)NC)nc4)[C@H]4CC[C@H]43)cc2NC1=C=O.O=C(O)c1ccccc1. The molecule has 3 N–H and O–H groups in total. The molecule has 1 amide bonds. The predicted octanol–water partition coefficient (Wildman–Crippen LogP) is 4.01. The molecule has 10 nitrogen and oxygen atoms in total. The molecule has 10 heteroatoms. The van der Waals surface area contributed by atoms with E-state index in [4.69, 9.17) is 5.11 Å². The van der Waals surface area contributed by atoms with E-state index in [9.17, 15) is 14.4 Å². The normalized spacial score (nSPS) is 19.0. The van der Waals surface area contributed by atoms with Gasteiger partial charge in [-0.05, 0) is 66.8 Å². The number of rotatable bonds is 6. The Labute approximate surface area is 244 Å². The number of pyridine rings is 2. The van der Waals surface area contributed by atoms with Gasteiger partial charge in [-0.2, -0.15) is 0 Å². The fourth-order valence-corrected chi connectivity index (χ4v) is 5.61. The van der Waals surface area contributed by atoms with Gasteiger partial charge in [0.15, 0.2) is 5.94 Å². The average molecular weight is 567 g/mol. The van der Waals surface area contributed by atoms with Crippen LogP contribution in [-0.4, -0.2) is 70.0 Å². The highest BCUT2D eigenvalue weighted by molar-refractivity contribution is 5.92. The van der Waals surface area contributed by atoms with Crippen LogP contribution in [0.3, 0.4) is 0 Å². The number of aromatic carboxylic acids is 1. The summed E-state index contributed by atoms with van der Waals surface area (Å²) in [6.45, 7) is 4.71. The third kappa shape index (κ3) is 6.10. The Morgan fingerprint density at radius 2 is 1.86 bits per heavy atom. The van der Waals surface area contributed by atoms with Gasteiger partial charge in [0.2, 0.25) is 0 Å². The Morgan fingerprint density at radius 1 is 1.07 bits per heavy atom. The molecule has 2 fully saturated rings. The molecule has 0 radical (unpaired) electrons. The Balaban J connectivity index is 0.000000336. The van der Waals surface area contributed by atoms with Crippen molar-refractivity contribution in [1.29, 1.82) is 0 Å². The van der Waals surface area contributed by atoms with E-state index in [1.54, 1.807) is 43.4 Å². The molecule has 1 saturated heterocycles. The van der Waals surface area contributed by atoms with E-state index < -0.39 is 5.97 Å². The van der Waals surface area contributed by atoms with Crippen molar-refractivity contribution in [2.45, 2.75) is 44.8 Å². The number of amides is 1. The molecule has 3 aliphatic rings. The predicted molar refractivity (Wildman–Crippen MR) is 161 cm³/mol. The summed E-state index contributed by atoms with van der Waals surface area (Å²) in [6.07, 6.45) is 8.81. The van der Waals surface area contributed by atoms with Crippen LogP contribution in [0.4, 0.5) is 11.4 Å². The number of anilines is 2. The number of aromatic nitrogens is 2. The zero-order valence-electron chi connectivity index (χ0n) is 23.7. The van der Waals surface area contributed by atoms with Gasteiger partial charge in [-0.3, -0.25) is 14.7 Å². The summed E-state index contributed by atoms with van der Waals surface area (Å²) in [5.74, 6) is 0.971. The molecule has 0 bridgehead atoms. The number of allylic oxidation sites excluding steroid dienone is 1. The zero-order chi connectivity index (χ0) is 29.6. The average Bonchev–Trinajstić information content (AvgIpc) is 3.01. The first-order valence-electron chi connectivity index (χ1n) is 14.1. The van der Waals surface area contributed by atoms with Gasteiger partial charge in [0.05, 0.1) is 28.8 Å². The highest BCUT2D eigenvalue weighted by atomic mass is 16.4. The fourth-order valence-electron chi connectivity index (χ4n) is 5.61. The van der Waals surface area contributed by atoms with E-state index >= 15 is 0 Å². The fraction of sp³-hybridized carbons (Fsp3) is 0.312. The molecule has 1 aliphatic carbocycles. The maximum absolute atomic E-state index is 11.8. The highest BCUT2D eigenvalue weighted by Gasteiger charge is 2.43. The van der Waals surface area contributed by atoms with Crippen molar-refractivity contribution < 1.29 is 19.5 Å². The first-order valence-corrected chi connectivity index (χ1v) is 14.1. The molecule has 2 atom stereocenters. The van der Waals surface area contributed by atoms with Gasteiger partial charge in [0.25, 0.3) is 5.91 Å². The van der Waals surface area contributed by atoms with Crippen molar-refractivity contribution in [3.8, 4) is 0 Å². The maximum Gasteiger partial charge on any atom is 0.335 e. The van der Waals surface area contributed by atoms with E-state index in [0.29, 0.717) is 29.0 Å². The standard InChI is InChI=1S/C25H28N6O2.C7H6O2/c1-3-17-11-20-21(29-22(17)15-32)10-16(12-27-20)14-30-8-9-31(24-7-6-23(24)30)18-4-5-19(28-13-18)25(33)26-2;8-7(9)6-4-2-1-3-5-6/h4-5,10-13,23-24,29H,3,6-9,14H2,1-2H3,(H,26,33);1-5H,(H,8,9)/t23-,24+;/m1./s1. The summed E-state index contributed by atoms with van der Waals surface area (Å²) in [4.78, 5) is 47.2. The maximum atomic E-state index is 11.8. The molecule has 4 heterocycles.